The lowest BCUT2D eigenvalue weighted by Crippen LogP contribution is -2.57. The molecule has 15 heteroatoms. The second-order valence-electron chi connectivity index (χ2n) is 12.8. The quantitative estimate of drug-likeness (QED) is 0.247. The number of halogens is 4. The molecule has 1 aromatic heterocycles. The Hall–Kier alpha value is -3.92. The number of hydrogen-bond acceptors (Lipinski definition) is 6. The van der Waals surface area contributed by atoms with Gasteiger partial charge in [-0.25, -0.2) is 17.6 Å². The van der Waals surface area contributed by atoms with Crippen molar-refractivity contribution in [1.82, 2.24) is 24.2 Å². The van der Waals surface area contributed by atoms with Crippen molar-refractivity contribution >= 4 is 27.7 Å². The number of rotatable bonds is 12. The smallest absolute Gasteiger partial charge is 0.282 e. The van der Waals surface area contributed by atoms with E-state index in [0.29, 0.717) is 50.7 Å². The number of piperazine rings is 1. The Morgan fingerprint density at radius 3 is 2.29 bits per heavy atom. The van der Waals surface area contributed by atoms with E-state index in [2.05, 4.69) is 20.9 Å². The molecule has 3 N–H and O–H groups in total. The number of carbonyl (C=O) groups is 2. The summed E-state index contributed by atoms with van der Waals surface area (Å²) in [6.45, 7) is 2.01. The molecule has 2 aliphatic heterocycles. The molecule has 3 aliphatic rings. The third kappa shape index (κ3) is 8.11. The number of amides is 2. The molecule has 0 spiro atoms. The van der Waals surface area contributed by atoms with E-state index in [1.807, 2.05) is 0 Å². The normalized spacial score (nSPS) is 20.1. The van der Waals surface area contributed by atoms with Crippen LogP contribution >= 0.6 is 0 Å². The molecule has 3 heterocycles. The van der Waals surface area contributed by atoms with Crippen LogP contribution in [0.3, 0.4) is 0 Å². The first-order chi connectivity index (χ1) is 23.5. The zero-order valence-electron chi connectivity index (χ0n) is 26.7. The molecule has 3 fully saturated rings. The molecule has 1 aliphatic carbocycles. The molecule has 6 rings (SSSR count). The van der Waals surface area contributed by atoms with Gasteiger partial charge in [-0.3, -0.25) is 14.6 Å². The molecular formula is C34H38F4N6O4S. The molecule has 0 bridgehead atoms. The van der Waals surface area contributed by atoms with Gasteiger partial charge < -0.3 is 16.0 Å². The fraction of sp³-hybridized carbons (Fsp3) is 0.441. The molecule has 3 aromatic rings. The van der Waals surface area contributed by atoms with Crippen LogP contribution in [0.1, 0.15) is 54.7 Å². The number of benzene rings is 2. The Labute approximate surface area is 282 Å². The minimum absolute atomic E-state index is 0.00308. The summed E-state index contributed by atoms with van der Waals surface area (Å²) in [6, 6.07) is 5.81. The summed E-state index contributed by atoms with van der Waals surface area (Å²) < 4.78 is 88.2. The number of pyridine rings is 1. The second kappa shape index (κ2) is 14.9. The van der Waals surface area contributed by atoms with E-state index < -0.39 is 63.3 Å². The summed E-state index contributed by atoms with van der Waals surface area (Å²) in [5.74, 6) is -5.90. The van der Waals surface area contributed by atoms with Crippen molar-refractivity contribution in [3.63, 3.8) is 0 Å². The fourth-order valence-corrected chi connectivity index (χ4v) is 8.52. The maximum Gasteiger partial charge on any atom is 0.282 e. The van der Waals surface area contributed by atoms with E-state index in [9.17, 15) is 31.2 Å². The van der Waals surface area contributed by atoms with Crippen LogP contribution in [0.5, 0.6) is 0 Å². The van der Waals surface area contributed by atoms with Crippen molar-refractivity contribution in [3.05, 3.63) is 94.8 Å². The molecule has 10 nitrogen and oxygen atoms in total. The highest BCUT2D eigenvalue weighted by Crippen LogP contribution is 2.34. The second-order valence-corrected chi connectivity index (χ2v) is 14.6. The van der Waals surface area contributed by atoms with E-state index in [1.165, 1.54) is 26.9 Å². The van der Waals surface area contributed by atoms with Crippen LogP contribution in [-0.2, 0) is 26.2 Å². The van der Waals surface area contributed by atoms with E-state index >= 15 is 4.39 Å². The van der Waals surface area contributed by atoms with Gasteiger partial charge >= 0.3 is 0 Å². The molecule has 49 heavy (non-hydrogen) atoms. The minimum Gasteiger partial charge on any atom is -0.343 e. The molecule has 1 saturated carbocycles. The summed E-state index contributed by atoms with van der Waals surface area (Å²) in [7, 11) is -3.72. The first kappa shape index (κ1) is 34.9. The third-order valence-corrected chi connectivity index (χ3v) is 11.4. The van der Waals surface area contributed by atoms with Crippen molar-refractivity contribution in [2.24, 2.45) is 5.92 Å². The monoisotopic (exact) mass is 702 g/mol. The summed E-state index contributed by atoms with van der Waals surface area (Å²) in [4.78, 5) is 31.2. The Balaban J connectivity index is 1.29. The van der Waals surface area contributed by atoms with Crippen LogP contribution in [0.15, 0.2) is 54.9 Å². The van der Waals surface area contributed by atoms with Gasteiger partial charge in [0.1, 0.15) is 29.3 Å². The van der Waals surface area contributed by atoms with Crippen LogP contribution in [0.2, 0.25) is 0 Å². The van der Waals surface area contributed by atoms with Gasteiger partial charge in [-0.2, -0.15) is 17.0 Å². The predicted molar refractivity (Wildman–Crippen MR) is 173 cm³/mol. The number of carbonyl (C=O) groups excluding carboxylic acids is 2. The van der Waals surface area contributed by atoms with Gasteiger partial charge in [0.2, 0.25) is 11.8 Å². The number of nitrogens with zero attached hydrogens (tertiary/aromatic N) is 3. The fourth-order valence-electron chi connectivity index (χ4n) is 6.62. The molecule has 2 amide bonds. The minimum atomic E-state index is -3.72. The van der Waals surface area contributed by atoms with Gasteiger partial charge in [-0.05, 0) is 73.9 Å². The standard InChI is InChI=1S/C34H38F4N6O4S/c35-24-7-5-21(6-8-24)31(23-15-25(36)17-26(37)16-23)32(42-33(45)22-3-4-22)34(46)41-30-20-40-19-29(38)28(30)10-9-27-18-39-11-14-44(27)49(47,48)43-12-1-2-13-43/h5-8,15-17,19-20,22,27,31-32,39H,1-4,9-14,18H2,(H,41,46)(H,42,45)/t27-,31-,32-/m0/s1. The maximum absolute atomic E-state index is 15.4. The van der Waals surface area contributed by atoms with Gasteiger partial charge in [0, 0.05) is 62.2 Å². The molecule has 262 valence electrons. The summed E-state index contributed by atoms with van der Waals surface area (Å²) >= 11 is 0. The Morgan fingerprint density at radius 1 is 0.918 bits per heavy atom. The Kier molecular flexibility index (Phi) is 10.6. The van der Waals surface area contributed by atoms with Gasteiger partial charge in [0.15, 0.2) is 0 Å². The van der Waals surface area contributed by atoms with Gasteiger partial charge in [-0.15, -0.1) is 0 Å². The SMILES string of the molecule is O=C(N[C@H](C(=O)Nc1cncc(F)c1CC[C@H]1CNCCN1S(=O)(=O)N1CCCC1)[C@@H](c1ccc(F)cc1)c1cc(F)cc(F)c1)C1CC1. The molecule has 2 aromatic carbocycles. The highest BCUT2D eigenvalue weighted by Gasteiger charge is 2.39. The molecular weight excluding hydrogens is 664 g/mol. The number of nitrogens with one attached hydrogen (secondary N) is 3. The van der Waals surface area contributed by atoms with Crippen molar-refractivity contribution in [3.8, 4) is 0 Å². The summed E-state index contributed by atoms with van der Waals surface area (Å²) in [6.07, 6.45) is 5.31. The third-order valence-electron chi connectivity index (χ3n) is 9.31. The highest BCUT2D eigenvalue weighted by molar-refractivity contribution is 7.86. The van der Waals surface area contributed by atoms with E-state index in [0.717, 1.165) is 43.3 Å². The van der Waals surface area contributed by atoms with Crippen molar-refractivity contribution in [2.45, 2.75) is 56.5 Å². The average Bonchev–Trinajstić information content (AvgIpc) is 3.77. The molecule has 3 atom stereocenters. The zero-order valence-corrected chi connectivity index (χ0v) is 27.5. The molecule has 0 radical (unpaired) electrons. The van der Waals surface area contributed by atoms with E-state index in [1.54, 1.807) is 0 Å². The Morgan fingerprint density at radius 2 is 1.61 bits per heavy atom. The van der Waals surface area contributed by atoms with Crippen molar-refractivity contribution < 1.29 is 35.6 Å². The van der Waals surface area contributed by atoms with Crippen LogP contribution in [-0.4, -0.2) is 78.6 Å². The lowest BCUT2D eigenvalue weighted by molar-refractivity contribution is -0.127. The van der Waals surface area contributed by atoms with Crippen LogP contribution < -0.4 is 16.0 Å². The lowest BCUT2D eigenvalue weighted by atomic mass is 9.84. The average molecular weight is 703 g/mol. The first-order valence-electron chi connectivity index (χ1n) is 16.4. The van der Waals surface area contributed by atoms with Crippen LogP contribution in [0, 0.1) is 29.2 Å². The number of aromatic nitrogens is 1. The van der Waals surface area contributed by atoms with Crippen LogP contribution in [0.25, 0.3) is 0 Å². The summed E-state index contributed by atoms with van der Waals surface area (Å²) in [5.41, 5.74) is 0.387. The largest absolute Gasteiger partial charge is 0.343 e. The first-order valence-corrected chi connectivity index (χ1v) is 17.8. The van der Waals surface area contributed by atoms with Gasteiger partial charge in [0.25, 0.3) is 10.2 Å². The predicted octanol–water partition coefficient (Wildman–Crippen LogP) is 3.85. The number of anilines is 1. The zero-order chi connectivity index (χ0) is 34.7. The van der Waals surface area contributed by atoms with Crippen LogP contribution in [0.4, 0.5) is 23.2 Å². The van der Waals surface area contributed by atoms with Gasteiger partial charge in [-0.1, -0.05) is 12.1 Å². The number of hydrogen-bond donors (Lipinski definition) is 3. The van der Waals surface area contributed by atoms with Gasteiger partial charge in [0.05, 0.1) is 18.1 Å². The van der Waals surface area contributed by atoms with E-state index in [4.69, 9.17) is 0 Å². The summed E-state index contributed by atoms with van der Waals surface area (Å²) in [5, 5.41) is 8.61. The lowest BCUT2D eigenvalue weighted by Gasteiger charge is -2.37. The highest BCUT2D eigenvalue weighted by atomic mass is 32.2. The molecule has 2 saturated heterocycles. The van der Waals surface area contributed by atoms with E-state index in [-0.39, 0.29) is 42.1 Å². The molecule has 0 unspecified atom stereocenters. The van der Waals surface area contributed by atoms with Crippen molar-refractivity contribution in [2.75, 3.05) is 38.0 Å². The van der Waals surface area contributed by atoms with Crippen molar-refractivity contribution in [1.29, 1.82) is 0 Å². The topological polar surface area (TPSA) is 124 Å². The Bertz CT molecular complexity index is 1770. The maximum atomic E-state index is 15.4.